The zero-order valence-electron chi connectivity index (χ0n) is 32.0. The molecule has 0 aromatic heterocycles. The molecule has 0 bridgehead atoms. The molecule has 0 saturated carbocycles. The van der Waals surface area contributed by atoms with E-state index >= 15 is 0 Å². The molecule has 0 spiro atoms. The molecule has 0 aliphatic rings. The topological polar surface area (TPSA) is 0 Å². The van der Waals surface area contributed by atoms with Gasteiger partial charge in [-0.3, -0.25) is 0 Å². The third kappa shape index (κ3) is 18.4. The minimum atomic E-state index is 0. The van der Waals surface area contributed by atoms with Gasteiger partial charge in [-0.1, -0.05) is 291 Å². The Morgan fingerprint density at radius 2 is 0.228 bits per heavy atom. The minimum Gasteiger partial charge on any atom is -0.0622 e. The monoisotopic (exact) mass is 778 g/mol. The van der Waals surface area contributed by atoms with Crippen molar-refractivity contribution in [3.63, 3.8) is 0 Å². The smallest absolute Gasteiger partial charge is 0 e. The molecule has 8 rings (SSSR count). The molecule has 0 amide bonds. The molecule has 282 valence electrons. The number of rotatable bonds is 8. The van der Waals surface area contributed by atoms with E-state index in [9.17, 15) is 0 Å². The first-order valence-corrected chi connectivity index (χ1v) is 18.9. The van der Waals surface area contributed by atoms with Crippen LogP contribution in [0.1, 0.15) is 44.5 Å². The predicted molar refractivity (Wildman–Crippen MR) is 247 cm³/mol. The Bertz CT molecular complexity index is 1780. The van der Waals surface area contributed by atoms with E-state index in [-0.39, 0.29) is 16.5 Å². The summed E-state index contributed by atoms with van der Waals surface area (Å²) in [4.78, 5) is 0. The number of hydrogen-bond donors (Lipinski definition) is 0. The Hall–Kier alpha value is -6.79. The van der Waals surface area contributed by atoms with Gasteiger partial charge >= 0.3 is 0 Å². The molecular formula is C56H48Ni. The standard InChI is InChI=1S/4C14H12.Ni/c4*1-3-7-13(8-4-1)11-12-14-9-5-2-6-10-14;/h4*1-12H;. The average molecular weight is 780 g/mol. The minimum absolute atomic E-state index is 0. The maximum Gasteiger partial charge on any atom is 0 e. The van der Waals surface area contributed by atoms with E-state index in [0.717, 1.165) is 0 Å². The van der Waals surface area contributed by atoms with Gasteiger partial charge in [-0.05, 0) is 44.5 Å². The third-order valence-electron chi connectivity index (χ3n) is 8.27. The van der Waals surface area contributed by atoms with Gasteiger partial charge in [-0.15, -0.1) is 0 Å². The third-order valence-corrected chi connectivity index (χ3v) is 8.27. The summed E-state index contributed by atoms with van der Waals surface area (Å²) in [5, 5.41) is 0. The van der Waals surface area contributed by atoms with Gasteiger partial charge in [0.1, 0.15) is 0 Å². The summed E-state index contributed by atoms with van der Waals surface area (Å²) in [6.45, 7) is 0. The first kappa shape index (κ1) is 42.9. The Morgan fingerprint density at radius 1 is 0.140 bits per heavy atom. The van der Waals surface area contributed by atoms with Crippen molar-refractivity contribution < 1.29 is 16.5 Å². The van der Waals surface area contributed by atoms with Crippen molar-refractivity contribution >= 4 is 48.6 Å². The van der Waals surface area contributed by atoms with Gasteiger partial charge < -0.3 is 0 Å². The second kappa shape index (κ2) is 26.9. The van der Waals surface area contributed by atoms with E-state index in [1.54, 1.807) is 0 Å². The molecule has 8 aromatic rings. The van der Waals surface area contributed by atoms with Crippen LogP contribution >= 0.6 is 0 Å². The van der Waals surface area contributed by atoms with Gasteiger partial charge in [0, 0.05) is 16.5 Å². The Kier molecular flexibility index (Phi) is 20.3. The van der Waals surface area contributed by atoms with E-state index in [0.29, 0.717) is 0 Å². The fourth-order valence-electron chi connectivity index (χ4n) is 5.28. The van der Waals surface area contributed by atoms with Crippen LogP contribution in [-0.2, 0) is 16.5 Å². The Balaban J connectivity index is 0.000000167. The SMILES string of the molecule is C(=Cc1ccccc1)c1ccccc1.C(=Cc1ccccc1)c1ccccc1.C(=Cc1ccccc1)c1ccccc1.C(=Cc1ccccc1)c1ccccc1.[Ni]. The van der Waals surface area contributed by atoms with Gasteiger partial charge in [-0.25, -0.2) is 0 Å². The summed E-state index contributed by atoms with van der Waals surface area (Å²) in [5.41, 5.74) is 9.86. The Labute approximate surface area is 350 Å². The van der Waals surface area contributed by atoms with E-state index in [1.165, 1.54) is 44.5 Å². The van der Waals surface area contributed by atoms with E-state index < -0.39 is 0 Å². The van der Waals surface area contributed by atoms with Crippen LogP contribution in [0.2, 0.25) is 0 Å². The van der Waals surface area contributed by atoms with Crippen molar-refractivity contribution in [2.75, 3.05) is 0 Å². The summed E-state index contributed by atoms with van der Waals surface area (Å²) in [6.07, 6.45) is 17.0. The van der Waals surface area contributed by atoms with Crippen LogP contribution in [0, 0.1) is 0 Å². The molecular weight excluding hydrogens is 731 g/mol. The van der Waals surface area contributed by atoms with E-state index in [2.05, 4.69) is 146 Å². The predicted octanol–water partition coefficient (Wildman–Crippen LogP) is 15.4. The van der Waals surface area contributed by atoms with Crippen LogP contribution in [0.3, 0.4) is 0 Å². The van der Waals surface area contributed by atoms with Gasteiger partial charge in [0.25, 0.3) is 0 Å². The first-order chi connectivity index (χ1) is 27.8. The molecule has 0 unspecified atom stereocenters. The van der Waals surface area contributed by atoms with Crippen molar-refractivity contribution in [2.45, 2.75) is 0 Å². The fourth-order valence-corrected chi connectivity index (χ4v) is 5.28. The maximum absolute atomic E-state index is 2.12. The second-order valence-corrected chi connectivity index (χ2v) is 12.6. The van der Waals surface area contributed by atoms with E-state index in [4.69, 9.17) is 0 Å². The van der Waals surface area contributed by atoms with Crippen molar-refractivity contribution in [1.29, 1.82) is 0 Å². The molecule has 0 nitrogen and oxygen atoms in total. The molecule has 0 fully saturated rings. The van der Waals surface area contributed by atoms with Crippen molar-refractivity contribution in [3.05, 3.63) is 287 Å². The molecule has 0 radical (unpaired) electrons. The summed E-state index contributed by atoms with van der Waals surface area (Å²) in [5.74, 6) is 0. The molecule has 0 atom stereocenters. The molecule has 0 saturated heterocycles. The van der Waals surface area contributed by atoms with Crippen molar-refractivity contribution in [3.8, 4) is 0 Å². The van der Waals surface area contributed by atoms with Crippen LogP contribution in [-0.4, -0.2) is 0 Å². The first-order valence-electron chi connectivity index (χ1n) is 18.9. The summed E-state index contributed by atoms with van der Waals surface area (Å²) in [7, 11) is 0. The van der Waals surface area contributed by atoms with Crippen molar-refractivity contribution in [1.82, 2.24) is 0 Å². The Morgan fingerprint density at radius 3 is 0.316 bits per heavy atom. The molecule has 0 N–H and O–H groups in total. The maximum atomic E-state index is 2.12. The van der Waals surface area contributed by atoms with Gasteiger partial charge in [0.15, 0.2) is 0 Å². The van der Waals surface area contributed by atoms with Gasteiger partial charge in [-0.2, -0.15) is 0 Å². The van der Waals surface area contributed by atoms with Crippen LogP contribution in [0.25, 0.3) is 48.6 Å². The second-order valence-electron chi connectivity index (χ2n) is 12.6. The summed E-state index contributed by atoms with van der Waals surface area (Å²) >= 11 is 0. The largest absolute Gasteiger partial charge is 0.0622 e. The fraction of sp³-hybridized carbons (Fsp3) is 0. The molecule has 1 heteroatoms. The van der Waals surface area contributed by atoms with Crippen molar-refractivity contribution in [2.24, 2.45) is 0 Å². The van der Waals surface area contributed by atoms with Crippen LogP contribution in [0.15, 0.2) is 243 Å². The van der Waals surface area contributed by atoms with Crippen LogP contribution in [0.5, 0.6) is 0 Å². The zero-order valence-corrected chi connectivity index (χ0v) is 33.0. The number of hydrogen-bond acceptors (Lipinski definition) is 0. The molecule has 0 heterocycles. The average Bonchev–Trinajstić information content (AvgIpc) is 3.30. The van der Waals surface area contributed by atoms with E-state index in [1.807, 2.05) is 146 Å². The molecule has 57 heavy (non-hydrogen) atoms. The summed E-state index contributed by atoms with van der Waals surface area (Å²) < 4.78 is 0. The summed E-state index contributed by atoms with van der Waals surface area (Å²) in [6, 6.07) is 82.5. The normalized spacial score (nSPS) is 10.4. The molecule has 0 aliphatic carbocycles. The molecule has 8 aromatic carbocycles. The molecule has 0 aliphatic heterocycles. The zero-order chi connectivity index (χ0) is 38.6. The number of benzene rings is 8. The van der Waals surface area contributed by atoms with Crippen LogP contribution < -0.4 is 0 Å². The van der Waals surface area contributed by atoms with Gasteiger partial charge in [0.05, 0.1) is 0 Å². The quantitative estimate of drug-likeness (QED) is 0.106. The van der Waals surface area contributed by atoms with Crippen LogP contribution in [0.4, 0.5) is 0 Å². The van der Waals surface area contributed by atoms with Gasteiger partial charge in [0.2, 0.25) is 0 Å².